The Morgan fingerprint density at radius 2 is 1.88 bits per heavy atom. The molecule has 0 aromatic heterocycles. The smallest absolute Gasteiger partial charge is 0.339 e. The Bertz CT molecular complexity index is 626. The van der Waals surface area contributed by atoms with Gasteiger partial charge in [-0.25, -0.2) is 9.59 Å². The van der Waals surface area contributed by atoms with Gasteiger partial charge in [0.25, 0.3) is 5.91 Å². The molecule has 1 aliphatic carbocycles. The molecule has 0 aliphatic heterocycles. The van der Waals surface area contributed by atoms with E-state index >= 15 is 0 Å². The van der Waals surface area contributed by atoms with E-state index in [1.807, 2.05) is 0 Å². The van der Waals surface area contributed by atoms with E-state index in [4.69, 9.17) is 9.47 Å². The van der Waals surface area contributed by atoms with Crippen molar-refractivity contribution in [2.45, 2.75) is 51.2 Å². The van der Waals surface area contributed by atoms with Crippen molar-refractivity contribution in [2.75, 3.05) is 7.11 Å². The Kier molecular flexibility index (Phi) is 6.80. The predicted octanol–water partition coefficient (Wildman–Crippen LogP) is 2.40. The molecule has 1 aromatic rings. The lowest BCUT2D eigenvalue weighted by atomic mass is 9.96. The Morgan fingerprint density at radius 1 is 1.16 bits per heavy atom. The van der Waals surface area contributed by atoms with Gasteiger partial charge in [0.2, 0.25) is 0 Å². The van der Waals surface area contributed by atoms with Gasteiger partial charge in [-0.15, -0.1) is 0 Å². The van der Waals surface area contributed by atoms with Crippen LogP contribution in [0, 0.1) is 0 Å². The number of esters is 1. The van der Waals surface area contributed by atoms with Gasteiger partial charge in [-0.1, -0.05) is 25.3 Å². The number of carbonyl (C=O) groups is 3. The molecule has 1 fully saturated rings. The van der Waals surface area contributed by atoms with Crippen LogP contribution in [0.5, 0.6) is 5.75 Å². The van der Waals surface area contributed by atoms with Crippen LogP contribution in [0.2, 0.25) is 0 Å². The quantitative estimate of drug-likeness (QED) is 0.797. The van der Waals surface area contributed by atoms with Crippen LogP contribution in [0.15, 0.2) is 24.3 Å². The second kappa shape index (κ2) is 9.05. The van der Waals surface area contributed by atoms with E-state index in [0.29, 0.717) is 5.75 Å². The molecular formula is C18H24N2O5. The minimum atomic E-state index is -1.09. The zero-order chi connectivity index (χ0) is 18.2. The van der Waals surface area contributed by atoms with E-state index in [1.165, 1.54) is 26.5 Å². The fraction of sp³-hybridized carbons (Fsp3) is 0.500. The second-order valence-electron chi connectivity index (χ2n) is 6.08. The molecule has 7 heteroatoms. The number of ether oxygens (including phenoxy) is 2. The summed E-state index contributed by atoms with van der Waals surface area (Å²) in [6, 6.07) is 5.96. The Hall–Kier alpha value is -2.57. The number of hydrogen-bond donors (Lipinski definition) is 2. The van der Waals surface area contributed by atoms with Crippen LogP contribution in [0.3, 0.4) is 0 Å². The van der Waals surface area contributed by atoms with Crippen molar-refractivity contribution < 1.29 is 23.9 Å². The average molecular weight is 348 g/mol. The largest absolute Gasteiger partial charge is 0.497 e. The van der Waals surface area contributed by atoms with Gasteiger partial charge in [0.1, 0.15) is 5.75 Å². The van der Waals surface area contributed by atoms with Crippen LogP contribution in [0.4, 0.5) is 4.79 Å². The summed E-state index contributed by atoms with van der Waals surface area (Å²) < 4.78 is 10.1. The summed E-state index contributed by atoms with van der Waals surface area (Å²) in [5.41, 5.74) is 0.269. The topological polar surface area (TPSA) is 93.7 Å². The zero-order valence-electron chi connectivity index (χ0n) is 14.5. The molecule has 1 aliphatic rings. The van der Waals surface area contributed by atoms with E-state index in [1.54, 1.807) is 18.2 Å². The first kappa shape index (κ1) is 18.8. The number of amides is 3. The van der Waals surface area contributed by atoms with Crippen molar-refractivity contribution in [1.82, 2.24) is 10.6 Å². The SMILES string of the molecule is COc1cccc(C(=O)O[C@H](C)C(=O)NC(=O)NC2CCCCC2)c1. The van der Waals surface area contributed by atoms with Crippen molar-refractivity contribution in [3.05, 3.63) is 29.8 Å². The first-order valence-corrected chi connectivity index (χ1v) is 8.46. The van der Waals surface area contributed by atoms with Crippen LogP contribution < -0.4 is 15.4 Å². The molecular weight excluding hydrogens is 324 g/mol. The van der Waals surface area contributed by atoms with Crippen molar-refractivity contribution in [3.63, 3.8) is 0 Å². The predicted molar refractivity (Wildman–Crippen MR) is 91.4 cm³/mol. The Labute approximate surface area is 147 Å². The highest BCUT2D eigenvalue weighted by atomic mass is 16.5. The highest BCUT2D eigenvalue weighted by Gasteiger charge is 2.22. The average Bonchev–Trinajstić information content (AvgIpc) is 2.62. The molecule has 1 atom stereocenters. The standard InChI is InChI=1S/C18H24N2O5/c1-12(25-17(22)13-7-6-10-15(11-13)24-2)16(21)20-18(23)19-14-8-4-3-5-9-14/h6-7,10-12,14H,3-5,8-9H2,1-2H3,(H2,19,20,21,23)/t12-/m1/s1. The summed E-state index contributed by atoms with van der Waals surface area (Å²) in [5, 5.41) is 4.99. The minimum Gasteiger partial charge on any atom is -0.497 e. The number of methoxy groups -OCH3 is 1. The van der Waals surface area contributed by atoms with Crippen molar-refractivity contribution in [3.8, 4) is 5.75 Å². The number of urea groups is 1. The number of imide groups is 1. The maximum absolute atomic E-state index is 12.1. The first-order chi connectivity index (χ1) is 12.0. The van der Waals surface area contributed by atoms with Gasteiger partial charge in [0.05, 0.1) is 12.7 Å². The number of benzene rings is 1. The van der Waals surface area contributed by atoms with E-state index in [-0.39, 0.29) is 11.6 Å². The molecule has 1 saturated carbocycles. The molecule has 2 rings (SSSR count). The summed E-state index contributed by atoms with van der Waals surface area (Å²) in [6.07, 6.45) is 4.08. The molecule has 2 N–H and O–H groups in total. The van der Waals surface area contributed by atoms with Crippen LogP contribution in [0.25, 0.3) is 0 Å². The van der Waals surface area contributed by atoms with Crippen molar-refractivity contribution in [2.24, 2.45) is 0 Å². The number of hydrogen-bond acceptors (Lipinski definition) is 5. The zero-order valence-corrected chi connectivity index (χ0v) is 14.5. The number of rotatable bonds is 5. The monoisotopic (exact) mass is 348 g/mol. The molecule has 0 saturated heterocycles. The van der Waals surface area contributed by atoms with E-state index in [9.17, 15) is 14.4 Å². The van der Waals surface area contributed by atoms with E-state index in [0.717, 1.165) is 25.7 Å². The van der Waals surface area contributed by atoms with E-state index in [2.05, 4.69) is 10.6 Å². The number of nitrogens with one attached hydrogen (secondary N) is 2. The lowest BCUT2D eigenvalue weighted by molar-refractivity contribution is -0.127. The molecule has 136 valence electrons. The third kappa shape index (κ3) is 5.77. The molecule has 0 radical (unpaired) electrons. The second-order valence-corrected chi connectivity index (χ2v) is 6.08. The highest BCUT2D eigenvalue weighted by Crippen LogP contribution is 2.17. The molecule has 0 spiro atoms. The summed E-state index contributed by atoms with van der Waals surface area (Å²) in [4.78, 5) is 35.9. The van der Waals surface area contributed by atoms with E-state index < -0.39 is 24.0 Å². The normalized spacial score (nSPS) is 15.8. The van der Waals surface area contributed by atoms with Gasteiger partial charge in [-0.2, -0.15) is 0 Å². The summed E-state index contributed by atoms with van der Waals surface area (Å²) in [5.74, 6) is -0.808. The molecule has 0 bridgehead atoms. The Balaban J connectivity index is 1.82. The fourth-order valence-electron chi connectivity index (χ4n) is 2.71. The van der Waals surface area contributed by atoms with Crippen LogP contribution in [-0.4, -0.2) is 37.2 Å². The van der Waals surface area contributed by atoms with Gasteiger partial charge in [0.15, 0.2) is 6.10 Å². The Morgan fingerprint density at radius 3 is 2.56 bits per heavy atom. The maximum atomic E-state index is 12.1. The molecule has 0 heterocycles. The maximum Gasteiger partial charge on any atom is 0.339 e. The fourth-order valence-corrected chi connectivity index (χ4v) is 2.71. The molecule has 25 heavy (non-hydrogen) atoms. The summed E-state index contributed by atoms with van der Waals surface area (Å²) in [6.45, 7) is 1.42. The summed E-state index contributed by atoms with van der Waals surface area (Å²) in [7, 11) is 1.49. The van der Waals surface area contributed by atoms with Gasteiger partial charge in [0, 0.05) is 6.04 Å². The molecule has 0 unspecified atom stereocenters. The lowest BCUT2D eigenvalue weighted by Gasteiger charge is -2.23. The van der Waals surface area contributed by atoms with Gasteiger partial charge in [-0.05, 0) is 38.0 Å². The van der Waals surface area contributed by atoms with Crippen molar-refractivity contribution in [1.29, 1.82) is 0 Å². The third-order valence-corrected chi connectivity index (χ3v) is 4.14. The van der Waals surface area contributed by atoms with Crippen molar-refractivity contribution >= 4 is 17.9 Å². The van der Waals surface area contributed by atoms with Crippen LogP contribution in [-0.2, 0) is 9.53 Å². The summed E-state index contributed by atoms with van der Waals surface area (Å²) >= 11 is 0. The van der Waals surface area contributed by atoms with Gasteiger partial charge < -0.3 is 14.8 Å². The van der Waals surface area contributed by atoms with Gasteiger partial charge in [-0.3, -0.25) is 10.1 Å². The highest BCUT2D eigenvalue weighted by molar-refractivity contribution is 5.98. The molecule has 1 aromatic carbocycles. The van der Waals surface area contributed by atoms with Crippen LogP contribution >= 0.6 is 0 Å². The van der Waals surface area contributed by atoms with Gasteiger partial charge >= 0.3 is 12.0 Å². The first-order valence-electron chi connectivity index (χ1n) is 8.46. The third-order valence-electron chi connectivity index (χ3n) is 4.14. The lowest BCUT2D eigenvalue weighted by Crippen LogP contribution is -2.48. The molecule has 7 nitrogen and oxygen atoms in total. The minimum absolute atomic E-state index is 0.0937. The van der Waals surface area contributed by atoms with Crippen LogP contribution in [0.1, 0.15) is 49.4 Å². The number of carbonyl (C=O) groups excluding carboxylic acids is 3. The molecule has 3 amide bonds.